The zero-order chi connectivity index (χ0) is 13.8. The van der Waals surface area contributed by atoms with Gasteiger partial charge in [-0.15, -0.1) is 0 Å². The van der Waals surface area contributed by atoms with E-state index < -0.39 is 0 Å². The first-order valence-electron chi connectivity index (χ1n) is 7.06. The summed E-state index contributed by atoms with van der Waals surface area (Å²) in [6.45, 7) is 4.17. The van der Waals surface area contributed by atoms with Crippen molar-refractivity contribution in [3.05, 3.63) is 16.5 Å². The van der Waals surface area contributed by atoms with Gasteiger partial charge in [-0.1, -0.05) is 24.9 Å². The van der Waals surface area contributed by atoms with Crippen LogP contribution in [0.15, 0.2) is 0 Å². The second kappa shape index (κ2) is 6.53. The average molecular weight is 284 g/mol. The normalized spacial score (nSPS) is 22.7. The standard InChI is InChI=1S/C14H22ClN3O/c1-3-11-13(15)16-9(2)17-14(11)18-12-6-4-5-10(12)7-8-19/h10,12,19H,3-8H2,1-2H3,(H,16,17,18). The van der Waals surface area contributed by atoms with Crippen LogP contribution in [-0.4, -0.2) is 27.7 Å². The van der Waals surface area contributed by atoms with Crippen molar-refractivity contribution in [1.82, 2.24) is 9.97 Å². The SMILES string of the molecule is CCc1c(Cl)nc(C)nc1NC1CCCC1CCO. The summed E-state index contributed by atoms with van der Waals surface area (Å²) < 4.78 is 0. The summed E-state index contributed by atoms with van der Waals surface area (Å²) in [5.74, 6) is 2.10. The first-order chi connectivity index (χ1) is 9.15. The minimum Gasteiger partial charge on any atom is -0.396 e. The van der Waals surface area contributed by atoms with Crippen LogP contribution < -0.4 is 5.32 Å². The molecule has 1 aliphatic carbocycles. The molecule has 0 aliphatic heterocycles. The molecule has 4 nitrogen and oxygen atoms in total. The molecule has 5 heteroatoms. The second-order valence-electron chi connectivity index (χ2n) is 5.20. The van der Waals surface area contributed by atoms with Gasteiger partial charge in [-0.2, -0.15) is 0 Å². The van der Waals surface area contributed by atoms with E-state index in [-0.39, 0.29) is 6.61 Å². The van der Waals surface area contributed by atoms with E-state index in [4.69, 9.17) is 16.7 Å². The Morgan fingerprint density at radius 2 is 2.16 bits per heavy atom. The largest absolute Gasteiger partial charge is 0.396 e. The van der Waals surface area contributed by atoms with E-state index in [2.05, 4.69) is 22.2 Å². The third kappa shape index (κ3) is 3.37. The minimum atomic E-state index is 0.257. The van der Waals surface area contributed by atoms with Gasteiger partial charge in [0.15, 0.2) is 0 Å². The number of rotatable bonds is 5. The lowest BCUT2D eigenvalue weighted by Gasteiger charge is -2.22. The molecular formula is C14H22ClN3O. The highest BCUT2D eigenvalue weighted by Crippen LogP contribution is 2.32. The predicted molar refractivity (Wildman–Crippen MR) is 77.6 cm³/mol. The van der Waals surface area contributed by atoms with Crippen molar-refractivity contribution in [2.24, 2.45) is 5.92 Å². The van der Waals surface area contributed by atoms with Crippen LogP contribution in [0.1, 0.15) is 44.0 Å². The average Bonchev–Trinajstić information content (AvgIpc) is 2.77. The maximum Gasteiger partial charge on any atom is 0.138 e. The summed E-state index contributed by atoms with van der Waals surface area (Å²) in [6.07, 6.45) is 5.20. The van der Waals surface area contributed by atoms with Gasteiger partial charge in [-0.25, -0.2) is 9.97 Å². The summed E-state index contributed by atoms with van der Waals surface area (Å²) in [5.41, 5.74) is 0.988. The van der Waals surface area contributed by atoms with Gasteiger partial charge >= 0.3 is 0 Å². The van der Waals surface area contributed by atoms with E-state index in [9.17, 15) is 0 Å². The maximum atomic E-state index is 9.13. The predicted octanol–water partition coefficient (Wildman–Crippen LogP) is 2.96. The number of aliphatic hydroxyl groups excluding tert-OH is 1. The number of aromatic nitrogens is 2. The molecule has 0 aromatic carbocycles. The molecule has 106 valence electrons. The van der Waals surface area contributed by atoms with Gasteiger partial charge in [0.05, 0.1) is 0 Å². The molecule has 0 radical (unpaired) electrons. The molecule has 1 fully saturated rings. The first kappa shape index (κ1) is 14.5. The Balaban J connectivity index is 2.18. The molecule has 2 atom stereocenters. The molecule has 0 amide bonds. The van der Waals surface area contributed by atoms with Gasteiger partial charge in [0, 0.05) is 18.2 Å². The van der Waals surface area contributed by atoms with Crippen molar-refractivity contribution >= 4 is 17.4 Å². The minimum absolute atomic E-state index is 0.257. The Hall–Kier alpha value is -0.870. The molecule has 1 saturated carbocycles. The van der Waals surface area contributed by atoms with Crippen LogP contribution >= 0.6 is 11.6 Å². The summed E-state index contributed by atoms with van der Waals surface area (Å²) in [5, 5.41) is 13.2. The number of aryl methyl sites for hydroxylation is 1. The number of anilines is 1. The number of hydrogen-bond donors (Lipinski definition) is 2. The van der Waals surface area contributed by atoms with Gasteiger partial charge in [0.1, 0.15) is 16.8 Å². The van der Waals surface area contributed by atoms with Crippen LogP contribution in [0.25, 0.3) is 0 Å². The topological polar surface area (TPSA) is 58.0 Å². The first-order valence-corrected chi connectivity index (χ1v) is 7.44. The quantitative estimate of drug-likeness (QED) is 0.816. The summed E-state index contributed by atoms with van der Waals surface area (Å²) >= 11 is 6.19. The van der Waals surface area contributed by atoms with E-state index in [1.807, 2.05) is 6.92 Å². The molecule has 2 N–H and O–H groups in total. The molecule has 2 unspecified atom stereocenters. The number of halogens is 1. The number of aliphatic hydroxyl groups is 1. The van der Waals surface area contributed by atoms with Crippen LogP contribution in [0.3, 0.4) is 0 Å². The van der Waals surface area contributed by atoms with Crippen LogP contribution in [0.5, 0.6) is 0 Å². The zero-order valence-electron chi connectivity index (χ0n) is 11.6. The van der Waals surface area contributed by atoms with Crippen molar-refractivity contribution in [2.45, 2.75) is 52.0 Å². The Labute approximate surface area is 119 Å². The Kier molecular flexibility index (Phi) is 4.99. The Bertz CT molecular complexity index is 439. The second-order valence-corrected chi connectivity index (χ2v) is 5.55. The summed E-state index contributed by atoms with van der Waals surface area (Å²) in [7, 11) is 0. The fourth-order valence-corrected chi connectivity index (χ4v) is 3.25. The van der Waals surface area contributed by atoms with E-state index in [1.54, 1.807) is 0 Å². The van der Waals surface area contributed by atoms with Crippen LogP contribution in [0.2, 0.25) is 5.15 Å². The molecule has 0 saturated heterocycles. The van der Waals surface area contributed by atoms with Gasteiger partial charge in [-0.05, 0) is 38.5 Å². The van der Waals surface area contributed by atoms with Crippen LogP contribution in [-0.2, 0) is 6.42 Å². The fraction of sp³-hybridized carbons (Fsp3) is 0.714. The van der Waals surface area contributed by atoms with Gasteiger partial charge in [0.25, 0.3) is 0 Å². The highest BCUT2D eigenvalue weighted by Gasteiger charge is 2.27. The van der Waals surface area contributed by atoms with Gasteiger partial charge < -0.3 is 10.4 Å². The van der Waals surface area contributed by atoms with Crippen molar-refractivity contribution in [2.75, 3.05) is 11.9 Å². The van der Waals surface area contributed by atoms with Crippen molar-refractivity contribution in [3.8, 4) is 0 Å². The monoisotopic (exact) mass is 283 g/mol. The fourth-order valence-electron chi connectivity index (χ4n) is 2.91. The molecule has 1 aromatic rings. The number of nitrogens with zero attached hydrogens (tertiary/aromatic N) is 2. The van der Waals surface area contributed by atoms with Gasteiger partial charge in [-0.3, -0.25) is 0 Å². The Morgan fingerprint density at radius 1 is 1.37 bits per heavy atom. The molecule has 19 heavy (non-hydrogen) atoms. The van der Waals surface area contributed by atoms with E-state index in [0.29, 0.717) is 22.9 Å². The molecule has 0 spiro atoms. The lowest BCUT2D eigenvalue weighted by atomic mass is 10.00. The smallest absolute Gasteiger partial charge is 0.138 e. The third-order valence-corrected chi connectivity index (χ3v) is 4.22. The lowest BCUT2D eigenvalue weighted by Crippen LogP contribution is -2.26. The number of nitrogens with one attached hydrogen (secondary N) is 1. The van der Waals surface area contributed by atoms with Crippen LogP contribution in [0.4, 0.5) is 5.82 Å². The van der Waals surface area contributed by atoms with Gasteiger partial charge in [0.2, 0.25) is 0 Å². The zero-order valence-corrected chi connectivity index (χ0v) is 12.4. The molecule has 0 bridgehead atoms. The summed E-state index contributed by atoms with van der Waals surface area (Å²) in [4.78, 5) is 8.70. The third-order valence-electron chi connectivity index (χ3n) is 3.90. The van der Waals surface area contributed by atoms with E-state index in [1.165, 1.54) is 12.8 Å². The van der Waals surface area contributed by atoms with Crippen molar-refractivity contribution in [3.63, 3.8) is 0 Å². The molecule has 1 heterocycles. The highest BCUT2D eigenvalue weighted by molar-refractivity contribution is 6.30. The van der Waals surface area contributed by atoms with E-state index >= 15 is 0 Å². The number of hydrogen-bond acceptors (Lipinski definition) is 4. The molecule has 1 aliphatic rings. The Morgan fingerprint density at radius 3 is 2.84 bits per heavy atom. The highest BCUT2D eigenvalue weighted by atomic mass is 35.5. The maximum absolute atomic E-state index is 9.13. The van der Waals surface area contributed by atoms with Crippen molar-refractivity contribution in [1.29, 1.82) is 0 Å². The molecule has 2 rings (SSSR count). The molecule has 1 aromatic heterocycles. The van der Waals surface area contributed by atoms with Crippen LogP contribution in [0, 0.1) is 12.8 Å². The lowest BCUT2D eigenvalue weighted by molar-refractivity contribution is 0.254. The summed E-state index contributed by atoms with van der Waals surface area (Å²) in [6, 6.07) is 0.391. The molecular weight excluding hydrogens is 262 g/mol. The van der Waals surface area contributed by atoms with E-state index in [0.717, 1.165) is 30.6 Å². The van der Waals surface area contributed by atoms with Crippen molar-refractivity contribution < 1.29 is 5.11 Å².